The lowest BCUT2D eigenvalue weighted by Crippen LogP contribution is -2.10. The van der Waals surface area contributed by atoms with Crippen LogP contribution >= 0.6 is 0 Å². The summed E-state index contributed by atoms with van der Waals surface area (Å²) in [5.41, 5.74) is 0.638. The first-order valence-electron chi connectivity index (χ1n) is 5.48. The third-order valence-electron chi connectivity index (χ3n) is 1.95. The highest BCUT2D eigenvalue weighted by Gasteiger charge is 2.04. The first kappa shape index (κ1) is 13.6. The number of pyridine rings is 1. The van der Waals surface area contributed by atoms with E-state index in [0.29, 0.717) is 25.5 Å². The summed E-state index contributed by atoms with van der Waals surface area (Å²) in [5, 5.41) is 8.76. The van der Waals surface area contributed by atoms with Gasteiger partial charge in [-0.2, -0.15) is 0 Å². The van der Waals surface area contributed by atoms with Crippen LogP contribution in [-0.2, 0) is 16.1 Å². The molecule has 0 radical (unpaired) electrons. The van der Waals surface area contributed by atoms with E-state index in [4.69, 9.17) is 14.6 Å². The zero-order valence-electron chi connectivity index (χ0n) is 10.0. The quantitative estimate of drug-likeness (QED) is 0.734. The van der Waals surface area contributed by atoms with Crippen LogP contribution in [-0.4, -0.2) is 35.4 Å². The molecule has 0 aliphatic rings. The van der Waals surface area contributed by atoms with Gasteiger partial charge < -0.3 is 14.6 Å². The van der Waals surface area contributed by atoms with Gasteiger partial charge in [0.2, 0.25) is 0 Å². The molecule has 0 saturated carbocycles. The summed E-state index contributed by atoms with van der Waals surface area (Å²) >= 11 is 0. The maximum Gasteiger partial charge on any atom is 0.354 e. The summed E-state index contributed by atoms with van der Waals surface area (Å²) in [5.74, 6) is -1.03. The fourth-order valence-electron chi connectivity index (χ4n) is 1.20. The Hall–Kier alpha value is -1.46. The smallest absolute Gasteiger partial charge is 0.354 e. The van der Waals surface area contributed by atoms with Crippen LogP contribution in [0.25, 0.3) is 0 Å². The van der Waals surface area contributed by atoms with E-state index >= 15 is 0 Å². The van der Waals surface area contributed by atoms with Crippen molar-refractivity contribution >= 4 is 5.97 Å². The second-order valence-electron chi connectivity index (χ2n) is 3.79. The Bertz CT molecular complexity index is 365. The lowest BCUT2D eigenvalue weighted by atomic mass is 10.3. The molecule has 0 aromatic carbocycles. The molecular formula is C12H17NO4. The van der Waals surface area contributed by atoms with Crippen LogP contribution in [0.2, 0.25) is 0 Å². The lowest BCUT2D eigenvalue weighted by Gasteiger charge is -2.08. The van der Waals surface area contributed by atoms with Gasteiger partial charge in [0.1, 0.15) is 5.69 Å². The van der Waals surface area contributed by atoms with Gasteiger partial charge in [-0.25, -0.2) is 9.78 Å². The van der Waals surface area contributed by atoms with Crippen molar-refractivity contribution in [1.82, 2.24) is 4.98 Å². The topological polar surface area (TPSA) is 68.7 Å². The molecule has 1 heterocycles. The largest absolute Gasteiger partial charge is 0.477 e. The molecule has 17 heavy (non-hydrogen) atoms. The van der Waals surface area contributed by atoms with Crippen LogP contribution in [0.15, 0.2) is 18.2 Å². The molecule has 0 amide bonds. The van der Waals surface area contributed by atoms with Gasteiger partial charge in [-0.3, -0.25) is 0 Å². The van der Waals surface area contributed by atoms with E-state index in [1.807, 2.05) is 13.8 Å². The summed E-state index contributed by atoms with van der Waals surface area (Å²) in [6.07, 6.45) is 0.187. The number of nitrogens with zero attached hydrogens (tertiary/aromatic N) is 1. The monoisotopic (exact) mass is 239 g/mol. The van der Waals surface area contributed by atoms with Crippen LogP contribution in [0.3, 0.4) is 0 Å². The number of rotatable bonds is 7. The Morgan fingerprint density at radius 2 is 2.18 bits per heavy atom. The highest BCUT2D eigenvalue weighted by molar-refractivity contribution is 5.85. The van der Waals surface area contributed by atoms with Crippen molar-refractivity contribution in [2.75, 3.05) is 13.2 Å². The zero-order chi connectivity index (χ0) is 12.7. The Morgan fingerprint density at radius 1 is 1.41 bits per heavy atom. The van der Waals surface area contributed by atoms with Crippen molar-refractivity contribution in [3.05, 3.63) is 29.6 Å². The number of aromatic carboxylic acids is 1. The molecule has 5 nitrogen and oxygen atoms in total. The van der Waals surface area contributed by atoms with Gasteiger partial charge in [-0.15, -0.1) is 0 Å². The molecule has 0 aliphatic carbocycles. The molecule has 5 heteroatoms. The third-order valence-corrected chi connectivity index (χ3v) is 1.95. The van der Waals surface area contributed by atoms with Gasteiger partial charge in [0, 0.05) is 0 Å². The molecular weight excluding hydrogens is 222 g/mol. The molecule has 1 aromatic heterocycles. The molecule has 0 bridgehead atoms. The summed E-state index contributed by atoms with van der Waals surface area (Å²) in [6, 6.07) is 4.84. The molecule has 0 atom stereocenters. The highest BCUT2D eigenvalue weighted by Crippen LogP contribution is 2.01. The van der Waals surface area contributed by atoms with Gasteiger partial charge in [0.15, 0.2) is 0 Å². The van der Waals surface area contributed by atoms with E-state index < -0.39 is 5.97 Å². The number of carboxylic acid groups (broad SMARTS) is 1. The maximum absolute atomic E-state index is 10.7. The number of carboxylic acids is 1. The maximum atomic E-state index is 10.7. The molecule has 1 aromatic rings. The number of hydrogen-bond donors (Lipinski definition) is 1. The van der Waals surface area contributed by atoms with E-state index in [2.05, 4.69) is 4.98 Å². The minimum Gasteiger partial charge on any atom is -0.477 e. The van der Waals surface area contributed by atoms with E-state index in [0.717, 1.165) is 0 Å². The molecule has 0 spiro atoms. The lowest BCUT2D eigenvalue weighted by molar-refractivity contribution is 0.0135. The van der Waals surface area contributed by atoms with Crippen LogP contribution in [0.1, 0.15) is 30.0 Å². The minimum absolute atomic E-state index is 0.0320. The van der Waals surface area contributed by atoms with Crippen molar-refractivity contribution in [3.63, 3.8) is 0 Å². The molecule has 0 aliphatic heterocycles. The molecule has 0 unspecified atom stereocenters. The summed E-state index contributed by atoms with van der Waals surface area (Å²) < 4.78 is 10.6. The number of ether oxygens (including phenoxy) is 2. The van der Waals surface area contributed by atoms with Gasteiger partial charge >= 0.3 is 5.97 Å². The first-order chi connectivity index (χ1) is 8.09. The van der Waals surface area contributed by atoms with Crippen molar-refractivity contribution in [3.8, 4) is 0 Å². The van der Waals surface area contributed by atoms with Crippen molar-refractivity contribution in [1.29, 1.82) is 0 Å². The van der Waals surface area contributed by atoms with Gasteiger partial charge in [-0.05, 0) is 26.0 Å². The summed E-state index contributed by atoms with van der Waals surface area (Å²) in [7, 11) is 0. The molecule has 0 fully saturated rings. The summed E-state index contributed by atoms with van der Waals surface area (Å²) in [4.78, 5) is 14.6. The predicted octanol–water partition coefficient (Wildman–Crippen LogP) is 1.72. The Balaban J connectivity index is 2.31. The Labute approximate surface area is 100 Å². The molecule has 1 N–H and O–H groups in total. The van der Waals surface area contributed by atoms with E-state index in [9.17, 15) is 4.79 Å². The minimum atomic E-state index is -1.03. The number of carbonyl (C=O) groups is 1. The van der Waals surface area contributed by atoms with E-state index in [1.165, 1.54) is 6.07 Å². The summed E-state index contributed by atoms with van der Waals surface area (Å²) in [6.45, 7) is 5.20. The third kappa shape index (κ3) is 5.42. The van der Waals surface area contributed by atoms with Gasteiger partial charge in [0.25, 0.3) is 0 Å². The van der Waals surface area contributed by atoms with Crippen LogP contribution in [0, 0.1) is 0 Å². The van der Waals surface area contributed by atoms with Gasteiger partial charge in [-0.1, -0.05) is 6.07 Å². The second-order valence-corrected chi connectivity index (χ2v) is 3.79. The zero-order valence-corrected chi connectivity index (χ0v) is 10.0. The van der Waals surface area contributed by atoms with Gasteiger partial charge in [0.05, 0.1) is 31.6 Å². The van der Waals surface area contributed by atoms with Crippen molar-refractivity contribution in [2.24, 2.45) is 0 Å². The molecule has 94 valence electrons. The fourth-order valence-corrected chi connectivity index (χ4v) is 1.20. The van der Waals surface area contributed by atoms with E-state index in [1.54, 1.807) is 12.1 Å². The first-order valence-corrected chi connectivity index (χ1v) is 5.48. The SMILES string of the molecule is CC(C)OCCOCc1cccc(C(=O)O)n1. The number of aromatic nitrogens is 1. The average Bonchev–Trinajstić information content (AvgIpc) is 2.28. The highest BCUT2D eigenvalue weighted by atomic mass is 16.5. The van der Waals surface area contributed by atoms with Crippen molar-refractivity contribution < 1.29 is 19.4 Å². The van der Waals surface area contributed by atoms with Crippen LogP contribution in [0.5, 0.6) is 0 Å². The molecule has 0 saturated heterocycles. The standard InChI is InChI=1S/C12H17NO4/c1-9(2)17-7-6-16-8-10-4-3-5-11(13-10)12(14)15/h3-5,9H,6-8H2,1-2H3,(H,14,15). The van der Waals surface area contributed by atoms with Crippen LogP contribution < -0.4 is 0 Å². The van der Waals surface area contributed by atoms with E-state index in [-0.39, 0.29) is 11.8 Å². The number of hydrogen-bond acceptors (Lipinski definition) is 4. The Kier molecular flexibility index (Phi) is 5.59. The van der Waals surface area contributed by atoms with Crippen molar-refractivity contribution in [2.45, 2.75) is 26.6 Å². The van der Waals surface area contributed by atoms with Crippen LogP contribution in [0.4, 0.5) is 0 Å². The second kappa shape index (κ2) is 6.98. The molecule has 1 rings (SSSR count). The fraction of sp³-hybridized carbons (Fsp3) is 0.500. The Morgan fingerprint density at radius 3 is 2.82 bits per heavy atom. The normalized spacial score (nSPS) is 10.8. The predicted molar refractivity (Wildman–Crippen MR) is 61.9 cm³/mol. The average molecular weight is 239 g/mol.